The van der Waals surface area contributed by atoms with E-state index in [-0.39, 0.29) is 11.7 Å². The summed E-state index contributed by atoms with van der Waals surface area (Å²) in [6.07, 6.45) is 0.726. The Morgan fingerprint density at radius 1 is 1.03 bits per heavy atom. The second kappa shape index (κ2) is 11.2. The summed E-state index contributed by atoms with van der Waals surface area (Å²) in [5.74, 6) is -0.465. The highest BCUT2D eigenvalue weighted by molar-refractivity contribution is 6.46. The molecule has 1 heterocycles. The van der Waals surface area contributed by atoms with Gasteiger partial charge in [-0.1, -0.05) is 30.0 Å². The number of benzene rings is 2. The van der Waals surface area contributed by atoms with Crippen molar-refractivity contribution in [1.82, 2.24) is 4.90 Å². The standard InChI is InChI=1S/C27H34N2O5/c1-6-33-21-12-8-19(9-13-21)24-23(26(31)27(32)29(24)17-7-16-28(4)5)25(30)20-10-14-22(15-11-20)34-18(2)3/h8-15,18,24,30H,6-7,16-17H2,1-5H3. The first-order valence-electron chi connectivity index (χ1n) is 11.8. The van der Waals surface area contributed by atoms with E-state index in [4.69, 9.17) is 9.47 Å². The molecule has 1 aliphatic heterocycles. The number of quaternary nitrogens is 1. The van der Waals surface area contributed by atoms with E-state index in [1.165, 1.54) is 9.80 Å². The first kappa shape index (κ1) is 25.3. The number of amides is 1. The molecule has 0 aliphatic carbocycles. The number of ketones is 1. The summed E-state index contributed by atoms with van der Waals surface area (Å²) in [4.78, 5) is 28.9. The van der Waals surface area contributed by atoms with E-state index in [0.717, 1.165) is 13.0 Å². The highest BCUT2D eigenvalue weighted by Gasteiger charge is 2.43. The van der Waals surface area contributed by atoms with Gasteiger partial charge in [-0.2, -0.15) is 0 Å². The van der Waals surface area contributed by atoms with Crippen LogP contribution in [-0.4, -0.2) is 56.5 Å². The molecule has 1 fully saturated rings. The van der Waals surface area contributed by atoms with E-state index in [1.807, 2.05) is 47.0 Å². The molecule has 1 saturated heterocycles. The van der Waals surface area contributed by atoms with Crippen LogP contribution in [0.15, 0.2) is 54.1 Å². The Labute approximate surface area is 201 Å². The molecule has 7 nitrogen and oxygen atoms in total. The van der Waals surface area contributed by atoms with Gasteiger partial charge in [0.15, 0.2) is 0 Å². The average Bonchev–Trinajstić information content (AvgIpc) is 3.04. The fraction of sp³-hybridized carbons (Fsp3) is 0.407. The molecule has 7 heteroatoms. The van der Waals surface area contributed by atoms with Crippen molar-refractivity contribution < 1.29 is 29.1 Å². The maximum atomic E-state index is 13.5. The molecule has 34 heavy (non-hydrogen) atoms. The Kier molecular flexibility index (Phi) is 8.34. The minimum atomic E-state index is -0.733. The molecule has 1 N–H and O–H groups in total. The van der Waals surface area contributed by atoms with Crippen molar-refractivity contribution in [3.63, 3.8) is 0 Å². The Bertz CT molecular complexity index is 1030. The van der Waals surface area contributed by atoms with Crippen LogP contribution >= 0.6 is 0 Å². The zero-order valence-electron chi connectivity index (χ0n) is 20.6. The summed E-state index contributed by atoms with van der Waals surface area (Å²) in [5, 5.41) is 13.5. The van der Waals surface area contributed by atoms with Gasteiger partial charge in [0, 0.05) is 18.5 Å². The molecule has 182 valence electrons. The molecule has 2 aromatic rings. The van der Waals surface area contributed by atoms with Gasteiger partial charge in [0.25, 0.3) is 5.91 Å². The van der Waals surface area contributed by atoms with E-state index in [9.17, 15) is 14.7 Å². The summed E-state index contributed by atoms with van der Waals surface area (Å²) < 4.78 is 11.2. The second-order valence-corrected chi connectivity index (χ2v) is 8.98. The topological polar surface area (TPSA) is 83.3 Å². The molecule has 1 amide bonds. The largest absolute Gasteiger partial charge is 0.872 e. The molecule has 1 unspecified atom stereocenters. The lowest BCUT2D eigenvalue weighted by molar-refractivity contribution is -0.858. The maximum absolute atomic E-state index is 13.5. The third kappa shape index (κ3) is 5.78. The van der Waals surface area contributed by atoms with Gasteiger partial charge in [-0.15, -0.1) is 0 Å². The van der Waals surface area contributed by atoms with Crippen molar-refractivity contribution in [1.29, 1.82) is 0 Å². The van der Waals surface area contributed by atoms with Crippen LogP contribution in [-0.2, 0) is 9.59 Å². The molecule has 2 aromatic carbocycles. The molecular formula is C27H34N2O5. The molecule has 1 atom stereocenters. The van der Waals surface area contributed by atoms with Gasteiger partial charge in [-0.25, -0.2) is 0 Å². The van der Waals surface area contributed by atoms with E-state index in [1.54, 1.807) is 36.4 Å². The van der Waals surface area contributed by atoms with Crippen molar-refractivity contribution in [2.45, 2.75) is 39.3 Å². The smallest absolute Gasteiger partial charge is 0.295 e. The van der Waals surface area contributed by atoms with Crippen molar-refractivity contribution in [2.24, 2.45) is 0 Å². The van der Waals surface area contributed by atoms with E-state index in [0.29, 0.717) is 35.8 Å². The van der Waals surface area contributed by atoms with Crippen LogP contribution in [0.2, 0.25) is 0 Å². The van der Waals surface area contributed by atoms with Crippen LogP contribution in [0, 0.1) is 0 Å². The predicted octanol–water partition coefficient (Wildman–Crippen LogP) is 1.63. The lowest BCUT2D eigenvalue weighted by Crippen LogP contribution is -3.05. The fourth-order valence-corrected chi connectivity index (χ4v) is 4.08. The zero-order valence-corrected chi connectivity index (χ0v) is 20.6. The summed E-state index contributed by atoms with van der Waals surface area (Å²) in [6, 6.07) is 13.2. The molecule has 0 aromatic heterocycles. The summed E-state index contributed by atoms with van der Waals surface area (Å²) in [5.41, 5.74) is 1.05. The van der Waals surface area contributed by atoms with Gasteiger partial charge in [0.1, 0.15) is 11.5 Å². The van der Waals surface area contributed by atoms with Crippen LogP contribution in [0.4, 0.5) is 0 Å². The third-order valence-corrected chi connectivity index (χ3v) is 5.60. The quantitative estimate of drug-likeness (QED) is 0.327. The van der Waals surface area contributed by atoms with Gasteiger partial charge in [-0.05, 0) is 56.2 Å². The Morgan fingerprint density at radius 3 is 2.21 bits per heavy atom. The predicted molar refractivity (Wildman–Crippen MR) is 128 cm³/mol. The minimum absolute atomic E-state index is 0.00607. The van der Waals surface area contributed by atoms with E-state index in [2.05, 4.69) is 0 Å². The van der Waals surface area contributed by atoms with Crippen LogP contribution in [0.3, 0.4) is 0 Å². The molecule has 0 bridgehead atoms. The number of ether oxygens (including phenoxy) is 2. The van der Waals surface area contributed by atoms with Crippen molar-refractivity contribution in [3.8, 4) is 11.5 Å². The fourth-order valence-electron chi connectivity index (χ4n) is 4.08. The number of carbonyl (C=O) groups is 2. The number of hydrogen-bond donors (Lipinski definition) is 1. The molecule has 0 saturated carbocycles. The second-order valence-electron chi connectivity index (χ2n) is 8.98. The highest BCUT2D eigenvalue weighted by Crippen LogP contribution is 2.39. The van der Waals surface area contributed by atoms with E-state index >= 15 is 0 Å². The van der Waals surface area contributed by atoms with E-state index < -0.39 is 23.5 Å². The summed E-state index contributed by atoms with van der Waals surface area (Å²) >= 11 is 0. The molecule has 1 aliphatic rings. The van der Waals surface area contributed by atoms with Gasteiger partial charge in [-0.3, -0.25) is 9.59 Å². The van der Waals surface area contributed by atoms with Crippen LogP contribution in [0.1, 0.15) is 44.4 Å². The molecular weight excluding hydrogens is 432 g/mol. The molecule has 3 rings (SSSR count). The number of carbonyl (C=O) groups excluding carboxylic acids is 2. The van der Waals surface area contributed by atoms with Gasteiger partial charge < -0.3 is 24.4 Å². The maximum Gasteiger partial charge on any atom is 0.295 e. The van der Waals surface area contributed by atoms with Crippen LogP contribution in [0.5, 0.6) is 11.5 Å². The lowest BCUT2D eigenvalue weighted by atomic mass is 9.95. The number of nitrogens with zero attached hydrogens (tertiary/aromatic N) is 1. The summed E-state index contributed by atoms with van der Waals surface area (Å²) in [7, 11) is 4.07. The monoisotopic (exact) mass is 466 g/mol. The minimum Gasteiger partial charge on any atom is -0.872 e. The number of likely N-dealkylation sites (tertiary alicyclic amines) is 1. The molecule has 0 spiro atoms. The first-order chi connectivity index (χ1) is 16.2. The normalized spacial score (nSPS) is 17.6. The zero-order chi connectivity index (χ0) is 24.8. The number of Topliss-reactive ketones (excluding diaryl/α,β-unsaturated/α-hetero) is 1. The summed E-state index contributed by atoms with van der Waals surface area (Å²) in [6.45, 7) is 7.51. The van der Waals surface area contributed by atoms with Gasteiger partial charge in [0.2, 0.25) is 5.78 Å². The van der Waals surface area contributed by atoms with Gasteiger partial charge >= 0.3 is 0 Å². The van der Waals surface area contributed by atoms with Crippen LogP contribution < -0.4 is 19.5 Å². The number of hydrogen-bond acceptors (Lipinski definition) is 5. The first-order valence-corrected chi connectivity index (χ1v) is 11.8. The highest BCUT2D eigenvalue weighted by atomic mass is 16.5. The lowest BCUT2D eigenvalue weighted by Gasteiger charge is -2.28. The SMILES string of the molecule is CCOc1ccc(C2C(=C([O-])c3ccc(OC(C)C)cc3)C(=O)C(=O)N2CCC[NH+](C)C)cc1. The van der Waals surface area contributed by atoms with Crippen molar-refractivity contribution in [2.75, 3.05) is 33.8 Å². The van der Waals surface area contributed by atoms with Crippen molar-refractivity contribution in [3.05, 3.63) is 65.2 Å². The number of rotatable bonds is 10. The third-order valence-electron chi connectivity index (χ3n) is 5.60. The average molecular weight is 467 g/mol. The number of nitrogens with one attached hydrogen (secondary N) is 1. The Hall–Kier alpha value is -3.32. The van der Waals surface area contributed by atoms with Gasteiger partial charge in [0.05, 0.1) is 39.4 Å². The van der Waals surface area contributed by atoms with Crippen molar-refractivity contribution >= 4 is 17.4 Å². The molecule has 0 radical (unpaired) electrons. The Morgan fingerprint density at radius 2 is 1.65 bits per heavy atom. The van der Waals surface area contributed by atoms with Crippen LogP contribution in [0.25, 0.3) is 5.76 Å². The Balaban J connectivity index is 2.02.